The molecule has 0 spiro atoms. The summed E-state index contributed by atoms with van der Waals surface area (Å²) in [6.45, 7) is 4.39. The van der Waals surface area contributed by atoms with Crippen molar-refractivity contribution in [3.63, 3.8) is 0 Å². The highest BCUT2D eigenvalue weighted by molar-refractivity contribution is 6.33. The van der Waals surface area contributed by atoms with E-state index in [1.54, 1.807) is 12.1 Å². The number of methoxy groups -OCH3 is 1. The van der Waals surface area contributed by atoms with Crippen molar-refractivity contribution in [2.24, 2.45) is 5.92 Å². The number of nitrogens with zero attached hydrogens (tertiary/aromatic N) is 5. The Hall–Kier alpha value is -3.13. The molecule has 2 aromatic carbocycles. The summed E-state index contributed by atoms with van der Waals surface area (Å²) in [5, 5.41) is 14.3. The van der Waals surface area contributed by atoms with Crippen LogP contribution >= 0.6 is 11.6 Å². The van der Waals surface area contributed by atoms with Crippen molar-refractivity contribution in [3.8, 4) is 11.4 Å². The van der Waals surface area contributed by atoms with Crippen LogP contribution in [0.15, 0.2) is 42.7 Å². The number of carbonyl (C=O) groups excluding carboxylic acids is 1. The highest BCUT2D eigenvalue weighted by Crippen LogP contribution is 2.30. The van der Waals surface area contributed by atoms with Crippen LogP contribution in [0.4, 0.5) is 11.4 Å². The fourth-order valence-electron chi connectivity index (χ4n) is 3.46. The van der Waals surface area contributed by atoms with Crippen LogP contribution in [-0.4, -0.2) is 46.3 Å². The van der Waals surface area contributed by atoms with E-state index >= 15 is 0 Å². The molecule has 1 N–H and O–H groups in total. The van der Waals surface area contributed by atoms with Crippen molar-refractivity contribution in [2.75, 3.05) is 30.4 Å². The van der Waals surface area contributed by atoms with Crippen LogP contribution in [0, 0.1) is 5.92 Å². The van der Waals surface area contributed by atoms with Crippen molar-refractivity contribution < 1.29 is 9.53 Å². The summed E-state index contributed by atoms with van der Waals surface area (Å²) in [5.74, 6) is 0.775. The third-order valence-corrected chi connectivity index (χ3v) is 5.33. The monoisotopic (exact) mass is 412 g/mol. The van der Waals surface area contributed by atoms with Gasteiger partial charge in [0.15, 0.2) is 0 Å². The second kappa shape index (κ2) is 8.08. The number of carbonyl (C=O) groups is 1. The van der Waals surface area contributed by atoms with Crippen molar-refractivity contribution >= 4 is 28.9 Å². The summed E-state index contributed by atoms with van der Waals surface area (Å²) >= 11 is 6.34. The number of benzene rings is 2. The molecular formula is C20H21ClN6O2. The zero-order valence-electron chi connectivity index (χ0n) is 16.2. The Morgan fingerprint density at radius 2 is 2.07 bits per heavy atom. The Morgan fingerprint density at radius 1 is 1.28 bits per heavy atom. The van der Waals surface area contributed by atoms with E-state index in [1.165, 1.54) is 30.2 Å². The van der Waals surface area contributed by atoms with Gasteiger partial charge in [0.2, 0.25) is 0 Å². The molecule has 0 radical (unpaired) electrons. The molecule has 1 fully saturated rings. The lowest BCUT2D eigenvalue weighted by atomic mass is 10.1. The SMILES string of the molecule is COc1cc(-n2cnnn2)c(Cl)cc1C(=O)Nc1ccc(N2CCC(C)C2)cc1. The quantitative estimate of drug-likeness (QED) is 0.691. The molecule has 1 atom stereocenters. The number of tetrazole rings is 1. The smallest absolute Gasteiger partial charge is 0.259 e. The molecule has 1 aromatic heterocycles. The van der Waals surface area contributed by atoms with Gasteiger partial charge in [0.1, 0.15) is 12.1 Å². The molecule has 29 heavy (non-hydrogen) atoms. The van der Waals surface area contributed by atoms with Gasteiger partial charge < -0.3 is 15.0 Å². The minimum atomic E-state index is -0.311. The average Bonchev–Trinajstić information content (AvgIpc) is 3.40. The molecule has 0 saturated carbocycles. The van der Waals surface area contributed by atoms with Gasteiger partial charge in [-0.15, -0.1) is 5.10 Å². The van der Waals surface area contributed by atoms with E-state index < -0.39 is 0 Å². The van der Waals surface area contributed by atoms with Gasteiger partial charge in [-0.1, -0.05) is 18.5 Å². The Bertz CT molecular complexity index is 1010. The minimum absolute atomic E-state index is 0.311. The first-order valence-electron chi connectivity index (χ1n) is 9.32. The fourth-order valence-corrected chi connectivity index (χ4v) is 3.71. The van der Waals surface area contributed by atoms with Gasteiger partial charge in [-0.05, 0) is 53.1 Å². The summed E-state index contributed by atoms with van der Waals surface area (Å²) in [7, 11) is 1.50. The zero-order chi connectivity index (χ0) is 20.4. The lowest BCUT2D eigenvalue weighted by molar-refractivity contribution is 0.102. The maximum atomic E-state index is 12.8. The standard InChI is InChI=1S/C20H21ClN6O2/c1-13-7-8-26(11-13)15-5-3-14(4-6-15)23-20(28)16-9-17(21)18(10-19(16)29-2)27-12-22-24-25-27/h3-6,9-10,12-13H,7-8,11H2,1-2H3,(H,23,28). The molecule has 3 aromatic rings. The Balaban J connectivity index is 1.53. The molecule has 2 heterocycles. The van der Waals surface area contributed by atoms with Crippen LogP contribution < -0.4 is 15.0 Å². The third-order valence-electron chi connectivity index (χ3n) is 5.02. The number of aromatic nitrogens is 4. The molecule has 150 valence electrons. The molecule has 1 amide bonds. The van der Waals surface area contributed by atoms with Crippen molar-refractivity contribution in [3.05, 3.63) is 53.3 Å². The number of nitrogens with one attached hydrogen (secondary N) is 1. The summed E-state index contributed by atoms with van der Waals surface area (Å²) in [6.07, 6.45) is 2.63. The van der Waals surface area contributed by atoms with Gasteiger partial charge in [0.25, 0.3) is 5.91 Å². The van der Waals surface area contributed by atoms with Crippen LogP contribution in [0.25, 0.3) is 5.69 Å². The van der Waals surface area contributed by atoms with E-state index in [0.717, 1.165) is 13.1 Å². The maximum absolute atomic E-state index is 12.8. The normalized spacial score (nSPS) is 16.1. The van der Waals surface area contributed by atoms with Gasteiger partial charge >= 0.3 is 0 Å². The predicted molar refractivity (Wildman–Crippen MR) is 111 cm³/mol. The highest BCUT2D eigenvalue weighted by Gasteiger charge is 2.20. The number of hydrogen-bond acceptors (Lipinski definition) is 6. The molecule has 4 rings (SSSR count). The van der Waals surface area contributed by atoms with Crippen LogP contribution in [0.5, 0.6) is 5.75 Å². The second-order valence-electron chi connectivity index (χ2n) is 7.10. The van der Waals surface area contributed by atoms with Gasteiger partial charge in [0.05, 0.1) is 23.4 Å². The second-order valence-corrected chi connectivity index (χ2v) is 7.51. The Kier molecular flexibility index (Phi) is 5.35. The lowest BCUT2D eigenvalue weighted by Gasteiger charge is -2.18. The average molecular weight is 413 g/mol. The molecule has 1 aliphatic heterocycles. The van der Waals surface area contributed by atoms with Gasteiger partial charge in [-0.2, -0.15) is 4.68 Å². The first-order chi connectivity index (χ1) is 14.0. The van der Waals surface area contributed by atoms with E-state index in [1.807, 2.05) is 24.3 Å². The van der Waals surface area contributed by atoms with Crippen LogP contribution in [0.2, 0.25) is 5.02 Å². The number of rotatable bonds is 5. The first kappa shape index (κ1) is 19.2. The minimum Gasteiger partial charge on any atom is -0.496 e. The third kappa shape index (κ3) is 4.02. The molecule has 1 unspecified atom stereocenters. The molecule has 1 aliphatic rings. The summed E-state index contributed by atoms with van der Waals surface area (Å²) in [6, 6.07) is 11.0. The van der Waals surface area contributed by atoms with Crippen LogP contribution in [-0.2, 0) is 0 Å². The summed E-state index contributed by atoms with van der Waals surface area (Å²) in [4.78, 5) is 15.2. The number of ether oxygens (including phenoxy) is 1. The zero-order valence-corrected chi connectivity index (χ0v) is 16.9. The largest absolute Gasteiger partial charge is 0.496 e. The highest BCUT2D eigenvalue weighted by atomic mass is 35.5. The fraction of sp³-hybridized carbons (Fsp3) is 0.300. The van der Waals surface area contributed by atoms with Crippen molar-refractivity contribution in [2.45, 2.75) is 13.3 Å². The summed E-state index contributed by atoms with van der Waals surface area (Å²) in [5.41, 5.74) is 2.72. The summed E-state index contributed by atoms with van der Waals surface area (Å²) < 4.78 is 6.79. The topological polar surface area (TPSA) is 85.2 Å². The Labute approximate surface area is 173 Å². The van der Waals surface area contributed by atoms with Gasteiger partial charge in [0, 0.05) is 30.5 Å². The number of anilines is 2. The van der Waals surface area contributed by atoms with E-state index in [9.17, 15) is 4.79 Å². The van der Waals surface area contributed by atoms with Crippen LogP contribution in [0.1, 0.15) is 23.7 Å². The molecule has 0 bridgehead atoms. The number of halogens is 1. The number of amides is 1. The van der Waals surface area contributed by atoms with E-state index in [0.29, 0.717) is 33.6 Å². The molecule has 9 heteroatoms. The Morgan fingerprint density at radius 3 is 2.69 bits per heavy atom. The van der Waals surface area contributed by atoms with Crippen molar-refractivity contribution in [1.82, 2.24) is 20.2 Å². The van der Waals surface area contributed by atoms with Crippen molar-refractivity contribution in [1.29, 1.82) is 0 Å². The van der Waals surface area contributed by atoms with Gasteiger partial charge in [-0.3, -0.25) is 4.79 Å². The molecule has 8 nitrogen and oxygen atoms in total. The number of hydrogen-bond donors (Lipinski definition) is 1. The van der Waals surface area contributed by atoms with E-state index in [4.69, 9.17) is 16.3 Å². The molecule has 1 saturated heterocycles. The maximum Gasteiger partial charge on any atom is 0.259 e. The van der Waals surface area contributed by atoms with Crippen LogP contribution in [0.3, 0.4) is 0 Å². The molecule has 0 aliphatic carbocycles. The van der Waals surface area contributed by atoms with E-state index in [2.05, 4.69) is 32.7 Å². The van der Waals surface area contributed by atoms with Gasteiger partial charge in [-0.25, -0.2) is 0 Å². The van der Waals surface area contributed by atoms with E-state index in [-0.39, 0.29) is 5.91 Å². The lowest BCUT2D eigenvalue weighted by Crippen LogP contribution is -2.19. The first-order valence-corrected chi connectivity index (χ1v) is 9.70. The molecular weight excluding hydrogens is 392 g/mol. The predicted octanol–water partition coefficient (Wildman–Crippen LogP) is 3.42.